The Balaban J connectivity index is 1.90. The van der Waals surface area contributed by atoms with Crippen LogP contribution in [0.2, 0.25) is 0 Å². The van der Waals surface area contributed by atoms with Gasteiger partial charge in [-0.15, -0.1) is 11.3 Å². The van der Waals surface area contributed by atoms with Gasteiger partial charge in [0.05, 0.1) is 6.04 Å². The standard InChI is InChI=1S/C16H27N3O3S2/c1-12(2)15(17)16(20)18-9-8-13-6-7-14(23-13)24(21,22)19-10-4-3-5-11-19/h6-7,12,15H,3-5,8-11,17H2,1-2H3,(H,18,20)/t15-/m0/s1. The van der Waals surface area contributed by atoms with Crippen molar-refractivity contribution < 1.29 is 13.2 Å². The van der Waals surface area contributed by atoms with E-state index in [9.17, 15) is 13.2 Å². The minimum atomic E-state index is -3.36. The largest absolute Gasteiger partial charge is 0.354 e. The highest BCUT2D eigenvalue weighted by Crippen LogP contribution is 2.27. The summed E-state index contributed by atoms with van der Waals surface area (Å²) in [6, 6.07) is 2.99. The minimum absolute atomic E-state index is 0.0908. The third-order valence-corrected chi connectivity index (χ3v) is 7.75. The molecule has 2 rings (SSSR count). The molecule has 136 valence electrons. The Kier molecular flexibility index (Phi) is 6.79. The van der Waals surface area contributed by atoms with Gasteiger partial charge in [0.15, 0.2) is 0 Å². The summed E-state index contributed by atoms with van der Waals surface area (Å²) in [5.74, 6) is -0.0734. The molecule has 0 saturated carbocycles. The second-order valence-electron chi connectivity index (χ2n) is 6.50. The van der Waals surface area contributed by atoms with Gasteiger partial charge in [0.2, 0.25) is 5.91 Å². The third kappa shape index (κ3) is 4.78. The van der Waals surface area contributed by atoms with Crippen molar-refractivity contribution in [1.82, 2.24) is 9.62 Å². The Morgan fingerprint density at radius 3 is 2.58 bits per heavy atom. The maximum absolute atomic E-state index is 12.6. The Morgan fingerprint density at radius 2 is 1.96 bits per heavy atom. The van der Waals surface area contributed by atoms with Gasteiger partial charge in [0, 0.05) is 24.5 Å². The first kappa shape index (κ1) is 19.4. The van der Waals surface area contributed by atoms with Crippen molar-refractivity contribution in [3.05, 3.63) is 17.0 Å². The van der Waals surface area contributed by atoms with Crippen LogP contribution in [0.3, 0.4) is 0 Å². The maximum Gasteiger partial charge on any atom is 0.252 e. The van der Waals surface area contributed by atoms with Crippen molar-refractivity contribution in [2.75, 3.05) is 19.6 Å². The summed E-state index contributed by atoms with van der Waals surface area (Å²) in [5.41, 5.74) is 5.79. The number of hydrogen-bond donors (Lipinski definition) is 2. The number of rotatable bonds is 7. The van der Waals surface area contributed by atoms with Crippen LogP contribution in [0.4, 0.5) is 0 Å². The highest BCUT2D eigenvalue weighted by molar-refractivity contribution is 7.91. The summed E-state index contributed by atoms with van der Waals surface area (Å²) >= 11 is 1.29. The van der Waals surface area contributed by atoms with Gasteiger partial charge in [-0.1, -0.05) is 20.3 Å². The zero-order chi connectivity index (χ0) is 17.7. The molecule has 0 spiro atoms. The highest BCUT2D eigenvalue weighted by Gasteiger charge is 2.27. The summed E-state index contributed by atoms with van der Waals surface area (Å²) < 4.78 is 27.2. The second-order valence-corrected chi connectivity index (χ2v) is 9.83. The van der Waals surface area contributed by atoms with E-state index in [0.717, 1.165) is 24.1 Å². The van der Waals surface area contributed by atoms with Gasteiger partial charge in [-0.2, -0.15) is 4.31 Å². The molecule has 0 aliphatic carbocycles. The predicted octanol–water partition coefficient (Wildman–Crippen LogP) is 1.56. The lowest BCUT2D eigenvalue weighted by Crippen LogP contribution is -2.44. The van der Waals surface area contributed by atoms with Crippen LogP contribution in [0.15, 0.2) is 16.3 Å². The first-order chi connectivity index (χ1) is 11.3. The lowest BCUT2D eigenvalue weighted by atomic mass is 10.1. The number of thiophene rings is 1. The van der Waals surface area contributed by atoms with Crippen LogP contribution in [-0.2, 0) is 21.2 Å². The molecular weight excluding hydrogens is 346 g/mol. The van der Waals surface area contributed by atoms with Crippen molar-refractivity contribution >= 4 is 27.3 Å². The van der Waals surface area contributed by atoms with Gasteiger partial charge >= 0.3 is 0 Å². The molecule has 0 aromatic carbocycles. The molecule has 1 atom stereocenters. The fourth-order valence-corrected chi connectivity index (χ4v) is 5.62. The SMILES string of the molecule is CC(C)[C@H](N)C(=O)NCCc1ccc(S(=O)(=O)N2CCCCC2)s1. The summed E-state index contributed by atoms with van der Waals surface area (Å²) in [6.45, 7) is 5.49. The molecule has 24 heavy (non-hydrogen) atoms. The van der Waals surface area contributed by atoms with Gasteiger partial charge in [0.1, 0.15) is 4.21 Å². The van der Waals surface area contributed by atoms with Gasteiger partial charge in [-0.25, -0.2) is 8.42 Å². The zero-order valence-corrected chi connectivity index (χ0v) is 16.0. The molecule has 1 fully saturated rings. The first-order valence-corrected chi connectivity index (χ1v) is 10.7. The van der Waals surface area contributed by atoms with Crippen molar-refractivity contribution in [2.45, 2.75) is 49.8 Å². The third-order valence-electron chi connectivity index (χ3n) is 4.24. The van der Waals surface area contributed by atoms with Crippen LogP contribution in [-0.4, -0.2) is 44.3 Å². The molecule has 3 N–H and O–H groups in total. The molecule has 0 unspecified atom stereocenters. The molecule has 1 aliphatic rings. The van der Waals surface area contributed by atoms with Crippen molar-refractivity contribution in [3.8, 4) is 0 Å². The van der Waals surface area contributed by atoms with E-state index >= 15 is 0 Å². The molecule has 1 aromatic heterocycles. The van der Waals surface area contributed by atoms with Gasteiger partial charge < -0.3 is 11.1 Å². The monoisotopic (exact) mass is 373 g/mol. The number of sulfonamides is 1. The fraction of sp³-hybridized carbons (Fsp3) is 0.688. The molecule has 1 saturated heterocycles. The van der Waals surface area contributed by atoms with E-state index in [-0.39, 0.29) is 11.8 Å². The molecular formula is C16H27N3O3S2. The molecule has 1 amide bonds. The Morgan fingerprint density at radius 1 is 1.29 bits per heavy atom. The number of nitrogens with one attached hydrogen (secondary N) is 1. The Bertz CT molecular complexity index is 649. The van der Waals surface area contributed by atoms with Gasteiger partial charge in [-0.05, 0) is 37.3 Å². The Hall–Kier alpha value is -0.960. The van der Waals surface area contributed by atoms with Crippen LogP contribution < -0.4 is 11.1 Å². The first-order valence-electron chi connectivity index (χ1n) is 8.44. The van der Waals surface area contributed by atoms with Crippen molar-refractivity contribution in [1.29, 1.82) is 0 Å². The van der Waals surface area contributed by atoms with Crippen LogP contribution in [0.5, 0.6) is 0 Å². The maximum atomic E-state index is 12.6. The second kappa shape index (κ2) is 8.42. The average Bonchev–Trinajstić information content (AvgIpc) is 3.04. The number of nitrogens with two attached hydrogens (primary N) is 1. The van der Waals surface area contributed by atoms with Crippen LogP contribution in [0.1, 0.15) is 38.0 Å². The summed E-state index contributed by atoms with van der Waals surface area (Å²) in [5, 5.41) is 2.81. The van der Waals surface area contributed by atoms with E-state index in [1.165, 1.54) is 11.3 Å². The van der Waals surface area contributed by atoms with Crippen LogP contribution in [0, 0.1) is 5.92 Å². The summed E-state index contributed by atoms with van der Waals surface area (Å²) in [7, 11) is -3.36. The normalized spacial score (nSPS) is 17.8. The molecule has 2 heterocycles. The fourth-order valence-electron chi connectivity index (χ4n) is 2.59. The molecule has 8 heteroatoms. The number of hydrogen-bond acceptors (Lipinski definition) is 5. The van der Waals surface area contributed by atoms with E-state index in [0.29, 0.717) is 30.3 Å². The molecule has 6 nitrogen and oxygen atoms in total. The van der Waals surface area contributed by atoms with Crippen molar-refractivity contribution in [3.63, 3.8) is 0 Å². The van der Waals surface area contributed by atoms with Crippen LogP contribution >= 0.6 is 11.3 Å². The molecule has 1 aromatic rings. The van der Waals surface area contributed by atoms with E-state index in [4.69, 9.17) is 5.73 Å². The van der Waals surface area contributed by atoms with Crippen molar-refractivity contribution in [2.24, 2.45) is 11.7 Å². The summed E-state index contributed by atoms with van der Waals surface area (Å²) in [6.07, 6.45) is 3.57. The smallest absolute Gasteiger partial charge is 0.252 e. The summed E-state index contributed by atoms with van der Waals surface area (Å²) in [4.78, 5) is 12.8. The molecule has 0 bridgehead atoms. The van der Waals surface area contributed by atoms with E-state index in [1.54, 1.807) is 10.4 Å². The quantitative estimate of drug-likeness (QED) is 0.759. The predicted molar refractivity (Wildman–Crippen MR) is 96.5 cm³/mol. The Labute approximate surface area is 148 Å². The lowest BCUT2D eigenvalue weighted by Gasteiger charge is -2.25. The minimum Gasteiger partial charge on any atom is -0.354 e. The van der Waals surface area contributed by atoms with E-state index < -0.39 is 16.1 Å². The van der Waals surface area contributed by atoms with Gasteiger partial charge in [0.25, 0.3) is 10.0 Å². The molecule has 1 aliphatic heterocycles. The lowest BCUT2D eigenvalue weighted by molar-refractivity contribution is -0.123. The molecule has 0 radical (unpaired) electrons. The number of nitrogens with zero attached hydrogens (tertiary/aromatic N) is 1. The average molecular weight is 374 g/mol. The number of carbonyl (C=O) groups is 1. The number of piperidine rings is 1. The number of amides is 1. The highest BCUT2D eigenvalue weighted by atomic mass is 32.2. The van der Waals surface area contributed by atoms with Gasteiger partial charge in [-0.3, -0.25) is 4.79 Å². The van der Waals surface area contributed by atoms with E-state index in [2.05, 4.69) is 5.32 Å². The zero-order valence-electron chi connectivity index (χ0n) is 14.3. The van der Waals surface area contributed by atoms with E-state index in [1.807, 2.05) is 19.9 Å². The topological polar surface area (TPSA) is 92.5 Å². The number of carbonyl (C=O) groups excluding carboxylic acids is 1. The van der Waals surface area contributed by atoms with Crippen LogP contribution in [0.25, 0.3) is 0 Å².